The van der Waals surface area contributed by atoms with Crippen LogP contribution in [0.15, 0.2) is 0 Å². The number of anilines is 2. The number of hydrogen-bond acceptors (Lipinski definition) is 6. The molecule has 1 atom stereocenters. The summed E-state index contributed by atoms with van der Waals surface area (Å²) in [5.41, 5.74) is 0. The molecule has 19 heavy (non-hydrogen) atoms. The molecule has 0 spiro atoms. The summed E-state index contributed by atoms with van der Waals surface area (Å²) in [4.78, 5) is 14.8. The van der Waals surface area contributed by atoms with Gasteiger partial charge in [-0.25, -0.2) is 0 Å². The fourth-order valence-electron chi connectivity index (χ4n) is 2.34. The van der Waals surface area contributed by atoms with E-state index in [0.29, 0.717) is 17.8 Å². The maximum Gasteiger partial charge on any atom is 0.231 e. The van der Waals surface area contributed by atoms with Crippen molar-refractivity contribution in [3.05, 3.63) is 5.28 Å². The molecule has 1 aromatic rings. The van der Waals surface area contributed by atoms with Gasteiger partial charge in [0.15, 0.2) is 0 Å². The normalized spacial score (nSPS) is 19.5. The van der Waals surface area contributed by atoms with Crippen LogP contribution in [0.4, 0.5) is 11.9 Å². The molecule has 0 radical (unpaired) electrons. The predicted octanol–water partition coefficient (Wildman–Crippen LogP) is 1.82. The number of piperidine rings is 1. The Morgan fingerprint density at radius 3 is 3.00 bits per heavy atom. The first-order valence-corrected chi connectivity index (χ1v) is 7.00. The molecule has 0 aromatic carbocycles. The molecule has 0 saturated carbocycles. The van der Waals surface area contributed by atoms with Gasteiger partial charge in [0.25, 0.3) is 0 Å². The Hall–Kier alpha value is -1.14. The molecule has 7 heteroatoms. The van der Waals surface area contributed by atoms with Crippen LogP contribution in [0.3, 0.4) is 0 Å². The summed E-state index contributed by atoms with van der Waals surface area (Å²) in [5, 5.41) is 3.30. The summed E-state index contributed by atoms with van der Waals surface area (Å²) in [5.74, 6) is 1.71. The quantitative estimate of drug-likeness (QED) is 0.890. The van der Waals surface area contributed by atoms with E-state index in [2.05, 4.69) is 25.2 Å². The molecule has 2 heterocycles. The van der Waals surface area contributed by atoms with Crippen molar-refractivity contribution < 1.29 is 4.74 Å². The lowest BCUT2D eigenvalue weighted by Crippen LogP contribution is -2.38. The first kappa shape index (κ1) is 14.3. The molecule has 1 saturated heterocycles. The molecular formula is C12H20ClN5O. The Morgan fingerprint density at radius 2 is 2.26 bits per heavy atom. The Kier molecular flexibility index (Phi) is 5.15. The van der Waals surface area contributed by atoms with Crippen LogP contribution in [0.5, 0.6) is 0 Å². The van der Waals surface area contributed by atoms with Gasteiger partial charge >= 0.3 is 0 Å². The summed E-state index contributed by atoms with van der Waals surface area (Å²) in [7, 11) is 1.74. The average Bonchev–Trinajstić information content (AvgIpc) is 2.39. The molecule has 2 rings (SSSR count). The number of nitrogens with one attached hydrogen (secondary N) is 1. The summed E-state index contributed by atoms with van der Waals surface area (Å²) in [6.45, 7) is 5.38. The third-order valence-corrected chi connectivity index (χ3v) is 3.30. The van der Waals surface area contributed by atoms with Gasteiger partial charge in [0.2, 0.25) is 17.2 Å². The van der Waals surface area contributed by atoms with Gasteiger partial charge < -0.3 is 15.0 Å². The Bertz CT molecular complexity index is 415. The van der Waals surface area contributed by atoms with E-state index in [1.807, 2.05) is 6.92 Å². The van der Waals surface area contributed by atoms with E-state index in [1.165, 1.54) is 6.42 Å². The highest BCUT2D eigenvalue weighted by Crippen LogP contribution is 2.22. The van der Waals surface area contributed by atoms with Gasteiger partial charge in [-0.2, -0.15) is 15.0 Å². The van der Waals surface area contributed by atoms with Crippen molar-refractivity contribution in [2.45, 2.75) is 19.8 Å². The largest absolute Gasteiger partial charge is 0.384 e. The molecule has 1 aliphatic heterocycles. The van der Waals surface area contributed by atoms with Crippen LogP contribution >= 0.6 is 11.6 Å². The minimum absolute atomic E-state index is 0.231. The maximum absolute atomic E-state index is 5.95. The van der Waals surface area contributed by atoms with E-state index in [-0.39, 0.29) is 5.28 Å². The molecular weight excluding hydrogens is 266 g/mol. The number of rotatable bonds is 5. The van der Waals surface area contributed by atoms with Crippen molar-refractivity contribution in [3.63, 3.8) is 0 Å². The lowest BCUT2D eigenvalue weighted by molar-refractivity contribution is 0.143. The summed E-state index contributed by atoms with van der Waals surface area (Å²) in [6.07, 6.45) is 2.30. The maximum atomic E-state index is 5.95. The van der Waals surface area contributed by atoms with Gasteiger partial charge in [0.1, 0.15) is 0 Å². The second-order valence-corrected chi connectivity index (χ2v) is 5.01. The third-order valence-electron chi connectivity index (χ3n) is 3.14. The molecule has 0 aliphatic carbocycles. The van der Waals surface area contributed by atoms with E-state index in [0.717, 1.165) is 32.7 Å². The highest BCUT2D eigenvalue weighted by atomic mass is 35.5. The molecule has 106 valence electrons. The Morgan fingerprint density at radius 1 is 1.42 bits per heavy atom. The summed E-state index contributed by atoms with van der Waals surface area (Å²) in [6, 6.07) is 0. The lowest BCUT2D eigenvalue weighted by Gasteiger charge is -2.32. The van der Waals surface area contributed by atoms with Crippen LogP contribution in [0, 0.1) is 5.92 Å². The zero-order chi connectivity index (χ0) is 13.7. The molecule has 6 nitrogen and oxygen atoms in total. The molecule has 1 N–H and O–H groups in total. The predicted molar refractivity (Wildman–Crippen MR) is 75.8 cm³/mol. The zero-order valence-electron chi connectivity index (χ0n) is 11.4. The number of nitrogens with zero attached hydrogens (tertiary/aromatic N) is 4. The van der Waals surface area contributed by atoms with Crippen molar-refractivity contribution in [2.75, 3.05) is 43.6 Å². The van der Waals surface area contributed by atoms with Crippen LogP contribution < -0.4 is 10.2 Å². The fraction of sp³-hybridized carbons (Fsp3) is 0.750. The third kappa shape index (κ3) is 3.91. The van der Waals surface area contributed by atoms with Crippen LogP contribution in [-0.4, -0.2) is 48.3 Å². The number of ether oxygens (including phenoxy) is 1. The van der Waals surface area contributed by atoms with E-state index in [4.69, 9.17) is 16.3 Å². The van der Waals surface area contributed by atoms with Gasteiger partial charge in [-0.1, -0.05) is 0 Å². The monoisotopic (exact) mass is 285 g/mol. The smallest absolute Gasteiger partial charge is 0.231 e. The zero-order valence-corrected chi connectivity index (χ0v) is 12.2. The first-order valence-electron chi connectivity index (χ1n) is 6.62. The number of methoxy groups -OCH3 is 1. The van der Waals surface area contributed by atoms with Gasteiger partial charge in [-0.05, 0) is 37.3 Å². The standard InChI is InChI=1S/C12H20ClN5O/c1-3-14-11-15-10(13)16-12(17-11)18-6-4-5-9(7-18)8-19-2/h9H,3-8H2,1-2H3,(H,14,15,16,17). The van der Waals surface area contributed by atoms with Gasteiger partial charge in [-0.15, -0.1) is 0 Å². The minimum Gasteiger partial charge on any atom is -0.384 e. The van der Waals surface area contributed by atoms with Gasteiger partial charge in [0.05, 0.1) is 6.61 Å². The van der Waals surface area contributed by atoms with Crippen molar-refractivity contribution in [3.8, 4) is 0 Å². The molecule has 1 aliphatic rings. The second kappa shape index (κ2) is 6.86. The van der Waals surface area contributed by atoms with Gasteiger partial charge in [-0.3, -0.25) is 0 Å². The highest BCUT2D eigenvalue weighted by Gasteiger charge is 2.22. The van der Waals surface area contributed by atoms with Crippen LogP contribution in [0.2, 0.25) is 5.28 Å². The SMILES string of the molecule is CCNc1nc(Cl)nc(N2CCCC(COC)C2)n1. The highest BCUT2D eigenvalue weighted by molar-refractivity contribution is 6.28. The topological polar surface area (TPSA) is 63.2 Å². The van der Waals surface area contributed by atoms with Crippen LogP contribution in [-0.2, 0) is 4.74 Å². The van der Waals surface area contributed by atoms with E-state index in [1.54, 1.807) is 7.11 Å². The molecule has 1 aromatic heterocycles. The summed E-state index contributed by atoms with van der Waals surface area (Å²) < 4.78 is 5.23. The Balaban J connectivity index is 2.11. The molecule has 0 bridgehead atoms. The van der Waals surface area contributed by atoms with Crippen molar-refractivity contribution in [2.24, 2.45) is 5.92 Å². The fourth-order valence-corrected chi connectivity index (χ4v) is 2.49. The first-order chi connectivity index (χ1) is 9.22. The Labute approximate surface area is 118 Å². The lowest BCUT2D eigenvalue weighted by atomic mass is 9.99. The number of halogens is 1. The van der Waals surface area contributed by atoms with E-state index >= 15 is 0 Å². The summed E-state index contributed by atoms with van der Waals surface area (Å²) >= 11 is 5.95. The van der Waals surface area contributed by atoms with Crippen molar-refractivity contribution in [1.29, 1.82) is 0 Å². The van der Waals surface area contributed by atoms with E-state index in [9.17, 15) is 0 Å². The van der Waals surface area contributed by atoms with Gasteiger partial charge in [0, 0.05) is 26.7 Å². The number of hydrogen-bond donors (Lipinski definition) is 1. The number of aromatic nitrogens is 3. The molecule has 0 amide bonds. The van der Waals surface area contributed by atoms with Crippen molar-refractivity contribution in [1.82, 2.24) is 15.0 Å². The van der Waals surface area contributed by atoms with Crippen LogP contribution in [0.25, 0.3) is 0 Å². The minimum atomic E-state index is 0.231. The average molecular weight is 286 g/mol. The van der Waals surface area contributed by atoms with E-state index < -0.39 is 0 Å². The molecule has 1 fully saturated rings. The molecule has 1 unspecified atom stereocenters. The van der Waals surface area contributed by atoms with Crippen LogP contribution in [0.1, 0.15) is 19.8 Å². The second-order valence-electron chi connectivity index (χ2n) is 4.67. The van der Waals surface area contributed by atoms with Crippen molar-refractivity contribution >= 4 is 23.5 Å².